The summed E-state index contributed by atoms with van der Waals surface area (Å²) < 4.78 is 52.5. The van der Waals surface area contributed by atoms with Crippen LogP contribution in [0.4, 0.5) is 0 Å². The molecule has 0 spiro atoms. The van der Waals surface area contributed by atoms with Crippen LogP contribution in [0.1, 0.15) is 66.8 Å². The fraction of sp³-hybridized carbons (Fsp3) is 0.0784. The van der Waals surface area contributed by atoms with Crippen LogP contribution in [0.3, 0.4) is 0 Å². The van der Waals surface area contributed by atoms with Crippen molar-refractivity contribution in [2.24, 2.45) is 0 Å². The maximum Gasteiger partial charge on any atom is 0.123 e. The summed E-state index contributed by atoms with van der Waals surface area (Å²) in [5, 5.41) is 0. The number of benzene rings is 15. The Hall–Kier alpha value is -13.5. The summed E-state index contributed by atoms with van der Waals surface area (Å²) in [4.78, 5) is 0. The van der Waals surface area contributed by atoms with Gasteiger partial charge in [-0.2, -0.15) is 0 Å². The molecule has 15 aromatic rings. The summed E-state index contributed by atoms with van der Waals surface area (Å²) in [7, 11) is 0. The van der Waals surface area contributed by atoms with E-state index in [1.807, 2.05) is 224 Å². The Bertz CT molecular complexity index is 5240. The first-order valence-corrected chi connectivity index (χ1v) is 38.0. The van der Waals surface area contributed by atoms with E-state index in [1.165, 1.54) is 0 Å². The molecule has 0 aliphatic rings. The van der Waals surface area contributed by atoms with Crippen molar-refractivity contribution < 1.29 is 37.9 Å². The molecule has 0 saturated carbocycles. The van der Waals surface area contributed by atoms with E-state index in [9.17, 15) is 0 Å². The van der Waals surface area contributed by atoms with Gasteiger partial charge in [-0.3, -0.25) is 0 Å². The van der Waals surface area contributed by atoms with Gasteiger partial charge in [-0.15, -0.1) is 0 Å². The maximum atomic E-state index is 6.63. The Morgan fingerprint density at radius 1 is 0.180 bits per heavy atom. The average Bonchev–Trinajstić information content (AvgIpc) is 0.779. The molecular formula is C102H77IO8. The van der Waals surface area contributed by atoms with Crippen molar-refractivity contribution in [3.63, 3.8) is 0 Å². The van der Waals surface area contributed by atoms with E-state index >= 15 is 0 Å². The van der Waals surface area contributed by atoms with Crippen LogP contribution < -0.4 is 37.9 Å². The monoisotopic (exact) mass is 1560 g/mol. The zero-order chi connectivity index (χ0) is 75.0. The molecule has 0 unspecified atom stereocenters. The third kappa shape index (κ3) is 20.6. The lowest BCUT2D eigenvalue weighted by Crippen LogP contribution is -2.01. The third-order valence-electron chi connectivity index (χ3n) is 18.5. The standard InChI is InChI=1S/C102H77IO8/c103-88-62-101(86-42-50-91(51-43-86)106-72-82-56-93(108-68-77-28-14-4-15-29-77)64-94(57-82)109-69-78-30-16-5-17-31-78)98(102(63-88)87-44-52-92(53-45-87)107-73-83-58-95(110-70-79-32-18-6-19-33-79)65-96(59-83)111-71-80-34-20-7-21-35-80)55-37-81-60-99(84-38-46-89(47-39-84)104-66-75-24-10-2-11-25-75)97(54-36-74-22-8-1-9-23-74)100(61-81)85-40-48-90(49-41-85)105-67-76-26-12-3-13-27-76/h1-35,38-53,56-65H,66-73H2. The van der Waals surface area contributed by atoms with Crippen molar-refractivity contribution in [2.75, 3.05) is 0 Å². The predicted molar refractivity (Wildman–Crippen MR) is 452 cm³/mol. The maximum absolute atomic E-state index is 6.63. The van der Waals surface area contributed by atoms with Crippen molar-refractivity contribution in [2.45, 2.75) is 52.9 Å². The molecule has 0 heterocycles. The quantitative estimate of drug-likeness (QED) is 0.0355. The molecule has 0 atom stereocenters. The molecule has 0 aromatic heterocycles. The van der Waals surface area contributed by atoms with Gasteiger partial charge in [0.05, 0.1) is 0 Å². The minimum atomic E-state index is 0.270. The van der Waals surface area contributed by atoms with Crippen molar-refractivity contribution in [1.82, 2.24) is 0 Å². The lowest BCUT2D eigenvalue weighted by Gasteiger charge is -2.16. The first-order valence-electron chi connectivity index (χ1n) is 36.9. The second-order valence-corrected chi connectivity index (χ2v) is 27.9. The second kappa shape index (κ2) is 36.9. The van der Waals surface area contributed by atoms with Crippen molar-refractivity contribution >= 4 is 22.6 Å². The zero-order valence-corrected chi connectivity index (χ0v) is 63.2. The van der Waals surface area contributed by atoms with Gasteiger partial charge in [0, 0.05) is 38.0 Å². The topological polar surface area (TPSA) is 73.8 Å². The van der Waals surface area contributed by atoms with E-state index in [-0.39, 0.29) is 13.2 Å². The normalized spacial score (nSPS) is 10.7. The van der Waals surface area contributed by atoms with Gasteiger partial charge in [0.25, 0.3) is 0 Å². The number of hydrogen-bond acceptors (Lipinski definition) is 8. The molecule has 0 bridgehead atoms. The molecule has 0 aliphatic carbocycles. The fourth-order valence-corrected chi connectivity index (χ4v) is 13.4. The lowest BCUT2D eigenvalue weighted by atomic mass is 9.89. The SMILES string of the molecule is Ic1cc(-c2ccc(OCc3cc(OCc4ccccc4)cc(OCc4ccccc4)c3)cc2)c(C#Cc2cc(-c3ccc(OCc4ccccc4)cc3)c(C#Cc3ccccc3)c(-c3ccc(OCc4ccccc4)cc3)c2)c(-c2ccc(OCc3cc(OCc4ccccc4)cc(OCc4ccccc4)c3)cc2)c1. The minimum Gasteiger partial charge on any atom is -0.489 e. The second-order valence-electron chi connectivity index (χ2n) is 26.6. The molecule has 0 fully saturated rings. The average molecular weight is 1560 g/mol. The highest BCUT2D eigenvalue weighted by atomic mass is 127. The predicted octanol–water partition coefficient (Wildman–Crippen LogP) is 24.4. The number of ether oxygens (including phenoxy) is 8. The van der Waals surface area contributed by atoms with E-state index < -0.39 is 0 Å². The highest BCUT2D eigenvalue weighted by Crippen LogP contribution is 2.39. The van der Waals surface area contributed by atoms with Gasteiger partial charge < -0.3 is 37.9 Å². The van der Waals surface area contributed by atoms with Gasteiger partial charge in [-0.1, -0.05) is 272 Å². The van der Waals surface area contributed by atoms with E-state index in [1.54, 1.807) is 0 Å². The summed E-state index contributed by atoms with van der Waals surface area (Å²) in [5.41, 5.74) is 19.1. The van der Waals surface area contributed by atoms with Crippen molar-refractivity contribution in [3.05, 3.63) is 440 Å². The third-order valence-corrected chi connectivity index (χ3v) is 19.1. The molecule has 0 amide bonds. The Morgan fingerprint density at radius 2 is 0.396 bits per heavy atom. The van der Waals surface area contributed by atoms with E-state index in [2.05, 4.69) is 192 Å². The van der Waals surface area contributed by atoms with Crippen LogP contribution in [0.25, 0.3) is 44.5 Å². The number of rotatable bonds is 28. The Morgan fingerprint density at radius 3 is 0.658 bits per heavy atom. The van der Waals surface area contributed by atoms with Gasteiger partial charge >= 0.3 is 0 Å². The Kier molecular flexibility index (Phi) is 24.3. The van der Waals surface area contributed by atoms with E-state index in [0.717, 1.165) is 126 Å². The molecule has 8 nitrogen and oxygen atoms in total. The molecule has 15 aromatic carbocycles. The van der Waals surface area contributed by atoms with E-state index in [0.29, 0.717) is 74.1 Å². The van der Waals surface area contributed by atoms with E-state index in [4.69, 9.17) is 37.9 Å². The van der Waals surface area contributed by atoms with Crippen LogP contribution >= 0.6 is 22.6 Å². The molecule has 0 aliphatic heterocycles. The largest absolute Gasteiger partial charge is 0.489 e. The van der Waals surface area contributed by atoms with Gasteiger partial charge in [0.1, 0.15) is 98.9 Å². The first-order chi connectivity index (χ1) is 54.8. The van der Waals surface area contributed by atoms with Gasteiger partial charge in [-0.25, -0.2) is 0 Å². The molecule has 0 radical (unpaired) electrons. The molecular weight excluding hydrogens is 1480 g/mol. The Balaban J connectivity index is 0.792. The fourth-order valence-electron chi connectivity index (χ4n) is 12.8. The summed E-state index contributed by atoms with van der Waals surface area (Å²) in [6.45, 7) is 3.06. The Labute approximate surface area is 663 Å². The lowest BCUT2D eigenvalue weighted by molar-refractivity contribution is 0.281. The summed E-state index contributed by atoms with van der Waals surface area (Å²) in [5.74, 6) is 20.4. The molecule has 15 rings (SSSR count). The van der Waals surface area contributed by atoms with Crippen molar-refractivity contribution in [1.29, 1.82) is 0 Å². The summed E-state index contributed by atoms with van der Waals surface area (Å²) in [6.07, 6.45) is 0. The first kappa shape index (κ1) is 73.1. The molecule has 111 heavy (non-hydrogen) atoms. The van der Waals surface area contributed by atoms with Gasteiger partial charge in [0.2, 0.25) is 0 Å². The molecule has 540 valence electrons. The highest BCUT2D eigenvalue weighted by Gasteiger charge is 2.19. The highest BCUT2D eigenvalue weighted by molar-refractivity contribution is 14.1. The minimum absolute atomic E-state index is 0.270. The molecule has 0 saturated heterocycles. The number of halogens is 1. The van der Waals surface area contributed by atoms with Crippen LogP contribution in [0.2, 0.25) is 0 Å². The van der Waals surface area contributed by atoms with Crippen LogP contribution in [0, 0.1) is 27.3 Å². The molecule has 9 heteroatoms. The number of hydrogen-bond donors (Lipinski definition) is 0. The summed E-state index contributed by atoms with van der Waals surface area (Å²) in [6, 6.07) is 125. The smallest absolute Gasteiger partial charge is 0.123 e. The summed E-state index contributed by atoms with van der Waals surface area (Å²) >= 11 is 2.43. The van der Waals surface area contributed by atoms with Crippen LogP contribution in [0.5, 0.6) is 46.0 Å². The zero-order valence-electron chi connectivity index (χ0n) is 61.0. The van der Waals surface area contributed by atoms with Crippen LogP contribution in [-0.2, 0) is 52.9 Å². The van der Waals surface area contributed by atoms with Crippen molar-refractivity contribution in [3.8, 4) is 114 Å². The van der Waals surface area contributed by atoms with Gasteiger partial charge in [-0.05, 0) is 221 Å². The molecule has 0 N–H and O–H groups in total. The van der Waals surface area contributed by atoms with Crippen LogP contribution in [-0.4, -0.2) is 0 Å². The van der Waals surface area contributed by atoms with Crippen LogP contribution in [0.15, 0.2) is 370 Å². The van der Waals surface area contributed by atoms with Gasteiger partial charge in [0.15, 0.2) is 0 Å².